The lowest BCUT2D eigenvalue weighted by molar-refractivity contribution is -0.378. The molecule has 1 aromatic carbocycles. The summed E-state index contributed by atoms with van der Waals surface area (Å²) in [6.07, 6.45) is -6.80. The molecule has 0 aliphatic carbocycles. The highest BCUT2D eigenvalue weighted by molar-refractivity contribution is 5.23. The molecule has 1 fully saturated rings. The quantitative estimate of drug-likeness (QED) is 0.728. The summed E-state index contributed by atoms with van der Waals surface area (Å²) in [5.74, 6) is -1.26. The van der Waals surface area contributed by atoms with Crippen molar-refractivity contribution in [3.05, 3.63) is 35.9 Å². The lowest BCUT2D eigenvalue weighted by atomic mass is 9.91. The zero-order chi connectivity index (χ0) is 14.3. The number of alkyl halides is 4. The van der Waals surface area contributed by atoms with E-state index in [-0.39, 0.29) is 5.56 Å². The van der Waals surface area contributed by atoms with Gasteiger partial charge in [0.1, 0.15) is 6.10 Å². The van der Waals surface area contributed by atoms with E-state index in [2.05, 4.69) is 0 Å². The summed E-state index contributed by atoms with van der Waals surface area (Å²) in [4.78, 5) is 0. The average molecular weight is 278 g/mol. The summed E-state index contributed by atoms with van der Waals surface area (Å²) in [7, 11) is 0. The van der Waals surface area contributed by atoms with Gasteiger partial charge >= 0.3 is 6.18 Å². The normalized spacial score (nSPS) is 31.2. The molecule has 0 unspecified atom stereocenters. The first-order chi connectivity index (χ1) is 8.66. The van der Waals surface area contributed by atoms with Crippen molar-refractivity contribution in [1.29, 1.82) is 0 Å². The molecule has 0 saturated carbocycles. The van der Waals surface area contributed by atoms with Crippen LogP contribution in [0.2, 0.25) is 0 Å². The summed E-state index contributed by atoms with van der Waals surface area (Å²) in [6, 6.07) is 7.54. The first kappa shape index (κ1) is 14.3. The SMILES string of the molecule is CC1(C)OC[C@@](F)(C(F)(F)F)[C@@H](c2ccccc2)O1. The molecule has 106 valence electrons. The Hall–Kier alpha value is -1.14. The number of ether oxygens (including phenoxy) is 2. The Morgan fingerprint density at radius 1 is 1.16 bits per heavy atom. The molecule has 0 N–H and O–H groups in total. The van der Waals surface area contributed by atoms with E-state index in [0.29, 0.717) is 0 Å². The van der Waals surface area contributed by atoms with Gasteiger partial charge in [0.2, 0.25) is 0 Å². The molecular formula is C13H14F4O2. The molecule has 0 aromatic heterocycles. The first-order valence-electron chi connectivity index (χ1n) is 5.78. The van der Waals surface area contributed by atoms with Crippen molar-refractivity contribution >= 4 is 0 Å². The van der Waals surface area contributed by atoms with Crippen molar-refractivity contribution in [1.82, 2.24) is 0 Å². The van der Waals surface area contributed by atoms with Crippen LogP contribution >= 0.6 is 0 Å². The first-order valence-corrected chi connectivity index (χ1v) is 5.78. The molecule has 0 amide bonds. The summed E-state index contributed by atoms with van der Waals surface area (Å²) >= 11 is 0. The molecule has 2 rings (SSSR count). The molecule has 19 heavy (non-hydrogen) atoms. The van der Waals surface area contributed by atoms with E-state index in [4.69, 9.17) is 9.47 Å². The van der Waals surface area contributed by atoms with Gasteiger partial charge in [0.25, 0.3) is 5.67 Å². The lowest BCUT2D eigenvalue weighted by Gasteiger charge is -2.45. The van der Waals surface area contributed by atoms with Crippen molar-refractivity contribution in [2.45, 2.75) is 37.6 Å². The highest BCUT2D eigenvalue weighted by Gasteiger charge is 2.65. The summed E-state index contributed by atoms with van der Waals surface area (Å²) in [5.41, 5.74) is -3.41. The van der Waals surface area contributed by atoms with Gasteiger partial charge in [0.05, 0.1) is 6.61 Å². The van der Waals surface area contributed by atoms with E-state index in [0.717, 1.165) is 0 Å². The fourth-order valence-corrected chi connectivity index (χ4v) is 1.96. The topological polar surface area (TPSA) is 18.5 Å². The van der Waals surface area contributed by atoms with Gasteiger partial charge in [0.15, 0.2) is 5.79 Å². The van der Waals surface area contributed by atoms with Crippen molar-refractivity contribution < 1.29 is 27.0 Å². The predicted octanol–water partition coefficient (Wildman–Crippen LogP) is 3.78. The van der Waals surface area contributed by atoms with Crippen molar-refractivity contribution in [3.8, 4) is 0 Å². The molecular weight excluding hydrogens is 264 g/mol. The van der Waals surface area contributed by atoms with Gasteiger partial charge in [-0.25, -0.2) is 4.39 Å². The Bertz CT molecular complexity index is 444. The van der Waals surface area contributed by atoms with Gasteiger partial charge < -0.3 is 9.47 Å². The number of hydrogen-bond acceptors (Lipinski definition) is 2. The Kier molecular flexibility index (Phi) is 3.35. The third-order valence-electron chi connectivity index (χ3n) is 3.02. The van der Waals surface area contributed by atoms with E-state index >= 15 is 0 Å². The van der Waals surface area contributed by atoms with Gasteiger partial charge in [-0.05, 0) is 19.4 Å². The number of benzene rings is 1. The van der Waals surface area contributed by atoms with Crippen LogP contribution in [0.15, 0.2) is 30.3 Å². The van der Waals surface area contributed by atoms with E-state index < -0.39 is 30.3 Å². The van der Waals surface area contributed by atoms with E-state index in [9.17, 15) is 17.6 Å². The second kappa shape index (κ2) is 4.45. The second-order valence-corrected chi connectivity index (χ2v) is 4.96. The van der Waals surface area contributed by atoms with Crippen molar-refractivity contribution in [2.75, 3.05) is 6.61 Å². The molecule has 1 saturated heterocycles. The van der Waals surface area contributed by atoms with Crippen LogP contribution in [-0.2, 0) is 9.47 Å². The molecule has 2 atom stereocenters. The average Bonchev–Trinajstić information content (AvgIpc) is 2.32. The van der Waals surface area contributed by atoms with Crippen molar-refractivity contribution in [3.63, 3.8) is 0 Å². The molecule has 2 nitrogen and oxygen atoms in total. The molecule has 1 aromatic rings. The summed E-state index contributed by atoms with van der Waals surface area (Å²) < 4.78 is 63.4. The molecule has 6 heteroatoms. The number of hydrogen-bond donors (Lipinski definition) is 0. The summed E-state index contributed by atoms with van der Waals surface area (Å²) in [5, 5.41) is 0. The predicted molar refractivity (Wildman–Crippen MR) is 60.2 cm³/mol. The molecule has 0 bridgehead atoms. The largest absolute Gasteiger partial charge is 0.427 e. The second-order valence-electron chi connectivity index (χ2n) is 4.96. The molecule has 1 aliphatic rings. The van der Waals surface area contributed by atoms with Gasteiger partial charge in [-0.3, -0.25) is 0 Å². The van der Waals surface area contributed by atoms with E-state index in [1.165, 1.54) is 38.1 Å². The van der Waals surface area contributed by atoms with Gasteiger partial charge in [-0.15, -0.1) is 0 Å². The fourth-order valence-electron chi connectivity index (χ4n) is 1.96. The van der Waals surface area contributed by atoms with Crippen LogP contribution in [0.25, 0.3) is 0 Å². The lowest BCUT2D eigenvalue weighted by Crippen LogP contribution is -2.58. The Labute approximate surface area is 108 Å². The number of rotatable bonds is 1. The molecule has 0 radical (unpaired) electrons. The molecule has 1 aliphatic heterocycles. The fraction of sp³-hybridized carbons (Fsp3) is 0.538. The van der Waals surface area contributed by atoms with Gasteiger partial charge in [0, 0.05) is 0 Å². The van der Waals surface area contributed by atoms with E-state index in [1.807, 2.05) is 0 Å². The van der Waals surface area contributed by atoms with E-state index in [1.54, 1.807) is 6.07 Å². The monoisotopic (exact) mass is 278 g/mol. The summed E-state index contributed by atoms with van der Waals surface area (Å²) in [6.45, 7) is 1.83. The van der Waals surface area contributed by atoms with Gasteiger partial charge in [-0.1, -0.05) is 30.3 Å². The van der Waals surface area contributed by atoms with Crippen LogP contribution in [0.3, 0.4) is 0 Å². The number of halogens is 4. The highest BCUT2D eigenvalue weighted by atomic mass is 19.4. The Balaban J connectivity index is 2.43. The minimum absolute atomic E-state index is 0.138. The van der Waals surface area contributed by atoms with Crippen LogP contribution in [-0.4, -0.2) is 24.2 Å². The maximum atomic E-state index is 14.4. The Morgan fingerprint density at radius 2 is 1.74 bits per heavy atom. The van der Waals surface area contributed by atoms with Crippen LogP contribution < -0.4 is 0 Å². The smallest absolute Gasteiger partial charge is 0.347 e. The third-order valence-corrected chi connectivity index (χ3v) is 3.02. The van der Waals surface area contributed by atoms with Gasteiger partial charge in [-0.2, -0.15) is 13.2 Å². The molecule has 1 heterocycles. The standard InChI is InChI=1S/C13H14F4O2/c1-11(2)18-8-12(14,13(15,16)17)10(19-11)9-6-4-3-5-7-9/h3-7,10H,8H2,1-2H3/t10-,12+/m1/s1. The Morgan fingerprint density at radius 3 is 2.26 bits per heavy atom. The zero-order valence-corrected chi connectivity index (χ0v) is 10.5. The maximum absolute atomic E-state index is 14.4. The minimum atomic E-state index is -5.07. The molecule has 0 spiro atoms. The van der Waals surface area contributed by atoms with Crippen LogP contribution in [0.4, 0.5) is 17.6 Å². The zero-order valence-electron chi connectivity index (χ0n) is 10.5. The van der Waals surface area contributed by atoms with Crippen LogP contribution in [0, 0.1) is 0 Å². The maximum Gasteiger partial charge on any atom is 0.427 e. The minimum Gasteiger partial charge on any atom is -0.347 e. The van der Waals surface area contributed by atoms with Crippen LogP contribution in [0.1, 0.15) is 25.5 Å². The highest BCUT2D eigenvalue weighted by Crippen LogP contribution is 2.50. The third kappa shape index (κ3) is 2.60. The van der Waals surface area contributed by atoms with Crippen molar-refractivity contribution in [2.24, 2.45) is 0 Å². The van der Waals surface area contributed by atoms with Crippen LogP contribution in [0.5, 0.6) is 0 Å².